The third-order valence-electron chi connectivity index (χ3n) is 2.02. The predicted octanol–water partition coefficient (Wildman–Crippen LogP) is 2.13. The van der Waals surface area contributed by atoms with E-state index >= 15 is 0 Å². The largest absolute Gasteiger partial charge is 0.275 e. The Balaban J connectivity index is 2.46. The minimum absolute atomic E-state index is 0.926. The van der Waals surface area contributed by atoms with E-state index in [1.54, 1.807) is 17.1 Å². The quantitative estimate of drug-likeness (QED) is 0.717. The van der Waals surface area contributed by atoms with Crippen LogP contribution in [0.2, 0.25) is 0 Å². The highest BCUT2D eigenvalue weighted by molar-refractivity contribution is 5.61. The first-order valence-corrected chi connectivity index (χ1v) is 4.37. The van der Waals surface area contributed by atoms with Crippen molar-refractivity contribution in [3.63, 3.8) is 0 Å². The van der Waals surface area contributed by atoms with Crippen LogP contribution in [-0.2, 0) is 7.05 Å². The molecule has 0 bridgehead atoms. The summed E-state index contributed by atoms with van der Waals surface area (Å²) in [5.74, 6) is 0. The van der Waals surface area contributed by atoms with Gasteiger partial charge in [0.1, 0.15) is 0 Å². The van der Waals surface area contributed by atoms with Crippen LogP contribution < -0.4 is 0 Å². The van der Waals surface area contributed by atoms with E-state index in [1.807, 2.05) is 31.5 Å². The van der Waals surface area contributed by atoms with Gasteiger partial charge in [-0.25, -0.2) is 0 Å². The van der Waals surface area contributed by atoms with Gasteiger partial charge in [-0.05, 0) is 17.7 Å². The fourth-order valence-electron chi connectivity index (χ4n) is 1.29. The van der Waals surface area contributed by atoms with Crippen molar-refractivity contribution in [3.05, 3.63) is 42.9 Å². The molecule has 0 saturated heterocycles. The molecule has 2 aromatic rings. The molecule has 14 heavy (non-hydrogen) atoms. The van der Waals surface area contributed by atoms with E-state index in [-0.39, 0.29) is 0 Å². The molecule has 3 heteroatoms. The summed E-state index contributed by atoms with van der Waals surface area (Å²) in [4.78, 5) is 4.27. The summed E-state index contributed by atoms with van der Waals surface area (Å²) in [7, 11) is 1.89. The standard InChI is InChI=1S/C11H11N3/c1-3-9-4-5-12-11(6-9)10-7-13-14(2)8-10/h3-8H,1H2,2H3. The van der Waals surface area contributed by atoms with Gasteiger partial charge in [0, 0.05) is 25.0 Å². The number of aromatic nitrogens is 3. The molecule has 0 aliphatic rings. The number of hydrogen-bond donors (Lipinski definition) is 0. The minimum Gasteiger partial charge on any atom is -0.275 e. The maximum atomic E-state index is 4.27. The van der Waals surface area contributed by atoms with E-state index < -0.39 is 0 Å². The highest BCUT2D eigenvalue weighted by Crippen LogP contribution is 2.16. The van der Waals surface area contributed by atoms with Crippen molar-refractivity contribution in [1.29, 1.82) is 0 Å². The second-order valence-corrected chi connectivity index (χ2v) is 3.08. The highest BCUT2D eigenvalue weighted by atomic mass is 15.2. The molecule has 70 valence electrons. The van der Waals surface area contributed by atoms with Crippen LogP contribution in [0.5, 0.6) is 0 Å². The van der Waals surface area contributed by atoms with E-state index in [1.165, 1.54) is 0 Å². The van der Waals surface area contributed by atoms with Crippen LogP contribution in [0.1, 0.15) is 5.56 Å². The van der Waals surface area contributed by atoms with Crippen molar-refractivity contribution >= 4 is 6.08 Å². The average Bonchev–Trinajstić information content (AvgIpc) is 2.65. The Morgan fingerprint density at radius 1 is 1.50 bits per heavy atom. The Labute approximate surface area is 82.7 Å². The molecule has 0 radical (unpaired) electrons. The number of pyridine rings is 1. The van der Waals surface area contributed by atoms with Crippen LogP contribution >= 0.6 is 0 Å². The second-order valence-electron chi connectivity index (χ2n) is 3.08. The third kappa shape index (κ3) is 1.57. The molecule has 0 fully saturated rings. The summed E-state index contributed by atoms with van der Waals surface area (Å²) in [5, 5.41) is 4.10. The first kappa shape index (κ1) is 8.69. The minimum atomic E-state index is 0.926. The van der Waals surface area contributed by atoms with Gasteiger partial charge >= 0.3 is 0 Å². The lowest BCUT2D eigenvalue weighted by molar-refractivity contribution is 0.768. The topological polar surface area (TPSA) is 30.7 Å². The van der Waals surface area contributed by atoms with Crippen molar-refractivity contribution < 1.29 is 0 Å². The molecule has 0 aromatic carbocycles. The third-order valence-corrected chi connectivity index (χ3v) is 2.02. The Morgan fingerprint density at radius 2 is 2.36 bits per heavy atom. The summed E-state index contributed by atoms with van der Waals surface area (Å²) in [5.41, 5.74) is 3.02. The van der Waals surface area contributed by atoms with Gasteiger partial charge < -0.3 is 0 Å². The molecule has 2 aromatic heterocycles. The van der Waals surface area contributed by atoms with Gasteiger partial charge in [-0.15, -0.1) is 0 Å². The molecule has 0 saturated carbocycles. The van der Waals surface area contributed by atoms with Gasteiger partial charge in [-0.2, -0.15) is 5.10 Å². The summed E-state index contributed by atoms with van der Waals surface area (Å²) in [6.07, 6.45) is 7.32. The predicted molar refractivity (Wildman–Crippen MR) is 56.5 cm³/mol. The van der Waals surface area contributed by atoms with Crippen molar-refractivity contribution in [1.82, 2.24) is 14.8 Å². The molecule has 0 atom stereocenters. The van der Waals surface area contributed by atoms with Gasteiger partial charge in [-0.3, -0.25) is 9.67 Å². The maximum absolute atomic E-state index is 4.27. The smallest absolute Gasteiger partial charge is 0.0739 e. The van der Waals surface area contributed by atoms with Crippen LogP contribution in [0.4, 0.5) is 0 Å². The normalized spacial score (nSPS) is 10.1. The van der Waals surface area contributed by atoms with E-state index in [2.05, 4.69) is 16.7 Å². The molecule has 0 aliphatic carbocycles. The van der Waals surface area contributed by atoms with E-state index in [4.69, 9.17) is 0 Å². The highest BCUT2D eigenvalue weighted by Gasteiger charge is 2.01. The number of hydrogen-bond acceptors (Lipinski definition) is 2. The Kier molecular flexibility index (Phi) is 2.14. The zero-order valence-electron chi connectivity index (χ0n) is 8.01. The van der Waals surface area contributed by atoms with Crippen LogP contribution in [0.15, 0.2) is 37.3 Å². The van der Waals surface area contributed by atoms with Gasteiger partial charge in [0.25, 0.3) is 0 Å². The fraction of sp³-hybridized carbons (Fsp3) is 0.0909. The number of nitrogens with zero attached hydrogens (tertiary/aromatic N) is 3. The van der Waals surface area contributed by atoms with Crippen molar-refractivity contribution in [2.45, 2.75) is 0 Å². The lowest BCUT2D eigenvalue weighted by Gasteiger charge is -1.97. The SMILES string of the molecule is C=Cc1ccnc(-c2cnn(C)c2)c1. The average molecular weight is 185 g/mol. The Bertz CT molecular complexity index is 457. The molecular weight excluding hydrogens is 174 g/mol. The summed E-state index contributed by atoms with van der Waals surface area (Å²) < 4.78 is 1.76. The Morgan fingerprint density at radius 3 is 3.00 bits per heavy atom. The lowest BCUT2D eigenvalue weighted by atomic mass is 10.1. The van der Waals surface area contributed by atoms with E-state index in [0.717, 1.165) is 16.8 Å². The number of aryl methyl sites for hydroxylation is 1. The van der Waals surface area contributed by atoms with Crippen LogP contribution in [0.3, 0.4) is 0 Å². The van der Waals surface area contributed by atoms with E-state index in [9.17, 15) is 0 Å². The monoisotopic (exact) mass is 185 g/mol. The van der Waals surface area contributed by atoms with Crippen molar-refractivity contribution in [2.75, 3.05) is 0 Å². The number of rotatable bonds is 2. The summed E-state index contributed by atoms with van der Waals surface area (Å²) in [6.45, 7) is 3.72. The maximum Gasteiger partial charge on any atom is 0.0739 e. The fourth-order valence-corrected chi connectivity index (χ4v) is 1.29. The molecule has 0 spiro atoms. The molecular formula is C11H11N3. The van der Waals surface area contributed by atoms with Crippen molar-refractivity contribution in [2.24, 2.45) is 7.05 Å². The lowest BCUT2D eigenvalue weighted by Crippen LogP contribution is -1.85. The second kappa shape index (κ2) is 3.46. The molecule has 0 N–H and O–H groups in total. The van der Waals surface area contributed by atoms with Crippen LogP contribution in [0, 0.1) is 0 Å². The first-order chi connectivity index (χ1) is 6.79. The Hall–Kier alpha value is -1.90. The molecule has 0 unspecified atom stereocenters. The van der Waals surface area contributed by atoms with E-state index in [0.29, 0.717) is 0 Å². The molecule has 2 heterocycles. The van der Waals surface area contributed by atoms with Gasteiger partial charge in [0.2, 0.25) is 0 Å². The van der Waals surface area contributed by atoms with Crippen molar-refractivity contribution in [3.8, 4) is 11.3 Å². The molecule has 2 rings (SSSR count). The molecule has 0 aliphatic heterocycles. The zero-order chi connectivity index (χ0) is 9.97. The summed E-state index contributed by atoms with van der Waals surface area (Å²) in [6, 6.07) is 3.91. The zero-order valence-corrected chi connectivity index (χ0v) is 8.01. The van der Waals surface area contributed by atoms with Gasteiger partial charge in [0.15, 0.2) is 0 Å². The molecule has 3 nitrogen and oxygen atoms in total. The summed E-state index contributed by atoms with van der Waals surface area (Å²) >= 11 is 0. The van der Waals surface area contributed by atoms with Gasteiger partial charge in [-0.1, -0.05) is 12.7 Å². The van der Waals surface area contributed by atoms with Crippen LogP contribution in [0.25, 0.3) is 17.3 Å². The first-order valence-electron chi connectivity index (χ1n) is 4.37. The van der Waals surface area contributed by atoms with Gasteiger partial charge in [0.05, 0.1) is 11.9 Å². The van der Waals surface area contributed by atoms with Crippen LogP contribution in [-0.4, -0.2) is 14.8 Å². The molecule has 0 amide bonds.